The van der Waals surface area contributed by atoms with Crippen molar-refractivity contribution in [2.24, 2.45) is 0 Å². The van der Waals surface area contributed by atoms with E-state index in [1.807, 2.05) is 0 Å². The lowest BCUT2D eigenvalue weighted by atomic mass is 10.2. The van der Waals surface area contributed by atoms with E-state index in [0.29, 0.717) is 31.2 Å². The monoisotopic (exact) mass is 294 g/mol. The van der Waals surface area contributed by atoms with Gasteiger partial charge < -0.3 is 16.0 Å². The zero-order chi connectivity index (χ0) is 15.2. The van der Waals surface area contributed by atoms with Crippen molar-refractivity contribution in [1.29, 1.82) is 0 Å². The summed E-state index contributed by atoms with van der Waals surface area (Å²) >= 11 is 0. The molecule has 1 heterocycles. The third-order valence-electron chi connectivity index (χ3n) is 3.14. The van der Waals surface area contributed by atoms with Gasteiger partial charge >= 0.3 is 0 Å². The van der Waals surface area contributed by atoms with Crippen LogP contribution in [0, 0.1) is 5.82 Å². The molecular weight excluding hydrogens is 275 g/mol. The first-order chi connectivity index (χ1) is 10.1. The van der Waals surface area contributed by atoms with Crippen LogP contribution in [0.2, 0.25) is 0 Å². The Morgan fingerprint density at radius 3 is 2.86 bits per heavy atom. The summed E-state index contributed by atoms with van der Waals surface area (Å²) in [5, 5.41) is 8.28. The number of carbonyl (C=O) groups excluding carboxylic acids is 2. The van der Waals surface area contributed by atoms with Crippen LogP contribution in [0.5, 0.6) is 0 Å². The van der Waals surface area contributed by atoms with Gasteiger partial charge in [-0.2, -0.15) is 0 Å². The Bertz CT molecular complexity index is 532. The van der Waals surface area contributed by atoms with Crippen LogP contribution in [0.3, 0.4) is 0 Å². The first-order valence-electron chi connectivity index (χ1n) is 7.01. The first-order valence-corrected chi connectivity index (χ1v) is 7.01. The number of hydrogen-bond acceptors (Lipinski definition) is 4. The van der Waals surface area contributed by atoms with Crippen LogP contribution in [0.1, 0.15) is 36.0 Å². The highest BCUT2D eigenvalue weighted by Gasteiger charge is 2.22. The van der Waals surface area contributed by atoms with E-state index in [-0.39, 0.29) is 11.5 Å². The Labute approximate surface area is 122 Å². The fraction of sp³-hybridized carbons (Fsp3) is 0.500. The minimum atomic E-state index is -0.567. The van der Waals surface area contributed by atoms with E-state index in [9.17, 15) is 14.0 Å². The lowest BCUT2D eigenvalue weighted by Crippen LogP contribution is -2.29. The number of carbonyl (C=O) groups is 2. The molecule has 7 heteroatoms. The molecule has 2 rings (SSSR count). The molecule has 0 atom stereocenters. The number of rotatable bonds is 7. The van der Waals surface area contributed by atoms with Gasteiger partial charge in [0.25, 0.3) is 5.91 Å². The van der Waals surface area contributed by atoms with E-state index >= 15 is 0 Å². The Morgan fingerprint density at radius 2 is 2.19 bits per heavy atom. The molecular formula is C14H19FN4O2. The van der Waals surface area contributed by atoms with Gasteiger partial charge in [0.15, 0.2) is 0 Å². The molecule has 1 aliphatic rings. The summed E-state index contributed by atoms with van der Waals surface area (Å²) in [6.07, 6.45) is 4.08. The van der Waals surface area contributed by atoms with Crippen LogP contribution in [-0.4, -0.2) is 36.4 Å². The number of nitrogens with one attached hydrogen (secondary N) is 3. The van der Waals surface area contributed by atoms with Crippen molar-refractivity contribution >= 4 is 17.6 Å². The number of hydrogen-bond donors (Lipinski definition) is 3. The number of amides is 2. The van der Waals surface area contributed by atoms with Gasteiger partial charge in [0.1, 0.15) is 11.6 Å². The van der Waals surface area contributed by atoms with E-state index in [4.69, 9.17) is 0 Å². The topological polar surface area (TPSA) is 83.1 Å². The molecule has 0 saturated heterocycles. The number of nitrogens with zero attached hydrogens (tertiary/aromatic N) is 1. The summed E-state index contributed by atoms with van der Waals surface area (Å²) < 4.78 is 13.1. The third-order valence-corrected chi connectivity index (χ3v) is 3.14. The highest BCUT2D eigenvalue weighted by molar-refractivity contribution is 5.98. The third kappa shape index (κ3) is 4.70. The summed E-state index contributed by atoms with van der Waals surface area (Å²) in [6.45, 7) is 0.358. The molecule has 0 aliphatic heterocycles. The van der Waals surface area contributed by atoms with Gasteiger partial charge in [-0.25, -0.2) is 9.37 Å². The van der Waals surface area contributed by atoms with Gasteiger partial charge in [-0.15, -0.1) is 0 Å². The maximum Gasteiger partial charge on any atom is 0.255 e. The maximum atomic E-state index is 13.1. The molecule has 0 radical (unpaired) electrons. The average Bonchev–Trinajstić information content (AvgIpc) is 3.27. The van der Waals surface area contributed by atoms with E-state index in [0.717, 1.165) is 25.1 Å². The molecule has 0 unspecified atom stereocenters. The molecule has 0 aromatic carbocycles. The number of anilines is 1. The van der Waals surface area contributed by atoms with Crippen LogP contribution in [0.4, 0.5) is 10.2 Å². The summed E-state index contributed by atoms with van der Waals surface area (Å²) in [7, 11) is 1.61. The van der Waals surface area contributed by atoms with Crippen LogP contribution in [0.15, 0.2) is 12.3 Å². The second-order valence-electron chi connectivity index (χ2n) is 5.00. The molecule has 0 bridgehead atoms. The first kappa shape index (κ1) is 15.2. The predicted molar refractivity (Wildman–Crippen MR) is 76.5 cm³/mol. The minimum absolute atomic E-state index is 0.00934. The average molecular weight is 294 g/mol. The van der Waals surface area contributed by atoms with Crippen molar-refractivity contribution in [3.63, 3.8) is 0 Å². The van der Waals surface area contributed by atoms with Gasteiger partial charge in [0, 0.05) is 26.1 Å². The molecule has 6 nitrogen and oxygen atoms in total. The zero-order valence-electron chi connectivity index (χ0n) is 11.9. The molecule has 1 fully saturated rings. The number of aromatic nitrogens is 1. The molecule has 1 aliphatic carbocycles. The van der Waals surface area contributed by atoms with Gasteiger partial charge in [-0.3, -0.25) is 9.59 Å². The zero-order valence-corrected chi connectivity index (χ0v) is 11.9. The second kappa shape index (κ2) is 7.01. The second-order valence-corrected chi connectivity index (χ2v) is 5.00. The van der Waals surface area contributed by atoms with E-state index in [2.05, 4.69) is 20.9 Å². The molecule has 114 valence electrons. The SMILES string of the molecule is CNc1ncc(F)cc1C(=O)NCCCC(=O)NC1CC1. The summed E-state index contributed by atoms with van der Waals surface area (Å²) in [6, 6.07) is 1.48. The van der Waals surface area contributed by atoms with Crippen LogP contribution in [0.25, 0.3) is 0 Å². The lowest BCUT2D eigenvalue weighted by molar-refractivity contribution is -0.121. The fourth-order valence-electron chi connectivity index (χ4n) is 1.89. The van der Waals surface area contributed by atoms with Gasteiger partial charge in [0.2, 0.25) is 5.91 Å². The van der Waals surface area contributed by atoms with Gasteiger partial charge in [0.05, 0.1) is 11.8 Å². The van der Waals surface area contributed by atoms with Gasteiger partial charge in [-0.05, 0) is 25.3 Å². The van der Waals surface area contributed by atoms with E-state index in [1.165, 1.54) is 0 Å². The fourth-order valence-corrected chi connectivity index (χ4v) is 1.89. The molecule has 0 spiro atoms. The molecule has 1 saturated carbocycles. The van der Waals surface area contributed by atoms with E-state index < -0.39 is 11.7 Å². The van der Waals surface area contributed by atoms with Crippen molar-refractivity contribution in [2.75, 3.05) is 18.9 Å². The van der Waals surface area contributed by atoms with Crippen molar-refractivity contribution in [3.8, 4) is 0 Å². The van der Waals surface area contributed by atoms with E-state index in [1.54, 1.807) is 7.05 Å². The highest BCUT2D eigenvalue weighted by atomic mass is 19.1. The Hall–Kier alpha value is -2.18. The number of halogens is 1. The van der Waals surface area contributed by atoms with Crippen LogP contribution >= 0.6 is 0 Å². The largest absolute Gasteiger partial charge is 0.372 e. The van der Waals surface area contributed by atoms with Crippen molar-refractivity contribution < 1.29 is 14.0 Å². The van der Waals surface area contributed by atoms with Crippen LogP contribution in [-0.2, 0) is 4.79 Å². The predicted octanol–water partition coefficient (Wildman–Crippen LogP) is 1.05. The Balaban J connectivity index is 1.76. The summed E-state index contributed by atoms with van der Waals surface area (Å²) in [5.74, 6) is -0.646. The Kier molecular flexibility index (Phi) is 5.08. The van der Waals surface area contributed by atoms with Crippen LogP contribution < -0.4 is 16.0 Å². The Morgan fingerprint density at radius 1 is 1.43 bits per heavy atom. The molecule has 3 N–H and O–H groups in total. The summed E-state index contributed by atoms with van der Waals surface area (Å²) in [4.78, 5) is 27.2. The van der Waals surface area contributed by atoms with Crippen molar-refractivity contribution in [2.45, 2.75) is 31.7 Å². The molecule has 2 amide bonds. The van der Waals surface area contributed by atoms with Crippen molar-refractivity contribution in [1.82, 2.24) is 15.6 Å². The van der Waals surface area contributed by atoms with Crippen molar-refractivity contribution in [3.05, 3.63) is 23.6 Å². The standard InChI is InChI=1S/C14H19FN4O2/c1-16-13-11(7-9(15)8-18-13)14(21)17-6-2-3-12(20)19-10-4-5-10/h7-8,10H,2-6H2,1H3,(H,16,18)(H,17,21)(H,19,20). The minimum Gasteiger partial charge on any atom is -0.372 e. The molecule has 21 heavy (non-hydrogen) atoms. The lowest BCUT2D eigenvalue weighted by Gasteiger charge is -2.09. The van der Waals surface area contributed by atoms with Gasteiger partial charge in [-0.1, -0.05) is 0 Å². The quantitative estimate of drug-likeness (QED) is 0.656. The smallest absolute Gasteiger partial charge is 0.255 e. The molecule has 1 aromatic rings. The normalized spacial score (nSPS) is 13.6. The molecule has 1 aromatic heterocycles. The maximum absolute atomic E-state index is 13.1. The summed E-state index contributed by atoms with van der Waals surface area (Å²) in [5.41, 5.74) is 0.153. The highest BCUT2D eigenvalue weighted by Crippen LogP contribution is 2.18. The number of pyridine rings is 1.